The van der Waals surface area contributed by atoms with Crippen LogP contribution in [0.3, 0.4) is 0 Å². The number of rotatable bonds is 1. The predicted octanol–water partition coefficient (Wildman–Crippen LogP) is 3.05. The van der Waals surface area contributed by atoms with E-state index in [2.05, 4.69) is 9.97 Å². The minimum atomic E-state index is -0.239. The molecular formula is C15H16FN3. The molecule has 0 saturated heterocycles. The summed E-state index contributed by atoms with van der Waals surface area (Å²) >= 11 is 0. The summed E-state index contributed by atoms with van der Waals surface area (Å²) in [7, 11) is 0. The van der Waals surface area contributed by atoms with Crippen molar-refractivity contribution < 1.29 is 4.39 Å². The van der Waals surface area contributed by atoms with Crippen molar-refractivity contribution in [1.82, 2.24) is 9.97 Å². The van der Waals surface area contributed by atoms with E-state index in [1.165, 1.54) is 6.07 Å². The summed E-state index contributed by atoms with van der Waals surface area (Å²) in [6.07, 6.45) is 4.15. The first-order chi connectivity index (χ1) is 9.15. The summed E-state index contributed by atoms with van der Waals surface area (Å²) in [5, 5.41) is 0. The second-order valence-corrected chi connectivity index (χ2v) is 5.03. The molecule has 4 heteroatoms. The number of hydrogen-bond donors (Lipinski definition) is 1. The van der Waals surface area contributed by atoms with Crippen molar-refractivity contribution >= 4 is 5.82 Å². The Morgan fingerprint density at radius 1 is 1.16 bits per heavy atom. The molecule has 2 N–H and O–H groups in total. The van der Waals surface area contributed by atoms with Gasteiger partial charge in [0.15, 0.2) is 5.82 Å². The maximum Gasteiger partial charge on any atom is 0.161 e. The fraction of sp³-hybridized carbons (Fsp3) is 0.333. The average Bonchev–Trinajstić information content (AvgIpc) is 2.42. The Kier molecular flexibility index (Phi) is 2.93. The number of halogens is 1. The molecule has 1 aliphatic carbocycles. The molecule has 1 aliphatic rings. The SMILES string of the molecule is Cc1ccc(-c2nc(N)c3c(n2)CCCC3)cc1F. The van der Waals surface area contributed by atoms with Gasteiger partial charge in [0.25, 0.3) is 0 Å². The van der Waals surface area contributed by atoms with Gasteiger partial charge in [-0.3, -0.25) is 0 Å². The number of nitrogens with two attached hydrogens (primary N) is 1. The number of nitrogen functional groups attached to an aromatic ring is 1. The van der Waals surface area contributed by atoms with Gasteiger partial charge in [0.1, 0.15) is 11.6 Å². The van der Waals surface area contributed by atoms with Crippen LogP contribution in [0, 0.1) is 12.7 Å². The molecule has 0 amide bonds. The van der Waals surface area contributed by atoms with Crippen LogP contribution in [-0.4, -0.2) is 9.97 Å². The molecule has 3 nitrogen and oxygen atoms in total. The quantitative estimate of drug-likeness (QED) is 0.854. The molecule has 0 spiro atoms. The zero-order valence-electron chi connectivity index (χ0n) is 10.9. The summed E-state index contributed by atoms with van der Waals surface area (Å²) in [5.41, 5.74) is 9.40. The second-order valence-electron chi connectivity index (χ2n) is 5.03. The lowest BCUT2D eigenvalue weighted by atomic mass is 9.96. The fourth-order valence-corrected chi connectivity index (χ4v) is 2.48. The molecule has 0 fully saturated rings. The lowest BCUT2D eigenvalue weighted by Crippen LogP contribution is -2.11. The van der Waals surface area contributed by atoms with Crippen molar-refractivity contribution in [2.45, 2.75) is 32.6 Å². The molecule has 1 aromatic heterocycles. The van der Waals surface area contributed by atoms with Crippen molar-refractivity contribution in [1.29, 1.82) is 0 Å². The molecule has 0 radical (unpaired) electrons. The van der Waals surface area contributed by atoms with Crippen molar-refractivity contribution in [2.24, 2.45) is 0 Å². The van der Waals surface area contributed by atoms with Crippen molar-refractivity contribution in [2.75, 3.05) is 5.73 Å². The van der Waals surface area contributed by atoms with E-state index in [1.807, 2.05) is 6.07 Å². The minimum Gasteiger partial charge on any atom is -0.383 e. The van der Waals surface area contributed by atoms with E-state index in [0.717, 1.165) is 36.9 Å². The molecule has 2 aromatic rings. The molecule has 19 heavy (non-hydrogen) atoms. The van der Waals surface area contributed by atoms with Gasteiger partial charge in [-0.2, -0.15) is 0 Å². The zero-order valence-corrected chi connectivity index (χ0v) is 10.9. The highest BCUT2D eigenvalue weighted by Gasteiger charge is 2.17. The van der Waals surface area contributed by atoms with Crippen LogP contribution in [0.5, 0.6) is 0 Å². The van der Waals surface area contributed by atoms with Gasteiger partial charge in [-0.1, -0.05) is 12.1 Å². The Hall–Kier alpha value is -1.97. The Labute approximate surface area is 111 Å². The van der Waals surface area contributed by atoms with E-state index in [1.54, 1.807) is 13.0 Å². The molecule has 0 aliphatic heterocycles. The third-order valence-electron chi connectivity index (χ3n) is 3.65. The zero-order chi connectivity index (χ0) is 13.4. The summed E-state index contributed by atoms with van der Waals surface area (Å²) in [6, 6.07) is 5.05. The van der Waals surface area contributed by atoms with Crippen molar-refractivity contribution in [3.8, 4) is 11.4 Å². The summed E-state index contributed by atoms with van der Waals surface area (Å²) < 4.78 is 13.6. The van der Waals surface area contributed by atoms with Crippen molar-refractivity contribution in [3.05, 3.63) is 40.8 Å². The number of benzene rings is 1. The summed E-state index contributed by atoms with van der Waals surface area (Å²) in [4.78, 5) is 8.88. The third kappa shape index (κ3) is 2.18. The largest absolute Gasteiger partial charge is 0.383 e. The van der Waals surface area contributed by atoms with Gasteiger partial charge in [0, 0.05) is 16.8 Å². The smallest absolute Gasteiger partial charge is 0.161 e. The van der Waals surface area contributed by atoms with Crippen LogP contribution in [0.2, 0.25) is 0 Å². The monoisotopic (exact) mass is 257 g/mol. The van der Waals surface area contributed by atoms with Crippen LogP contribution >= 0.6 is 0 Å². The highest BCUT2D eigenvalue weighted by molar-refractivity contribution is 5.59. The predicted molar refractivity (Wildman–Crippen MR) is 73.2 cm³/mol. The van der Waals surface area contributed by atoms with Crippen LogP contribution in [0.4, 0.5) is 10.2 Å². The second kappa shape index (κ2) is 4.61. The normalized spacial score (nSPS) is 14.2. The van der Waals surface area contributed by atoms with Crippen LogP contribution in [-0.2, 0) is 12.8 Å². The van der Waals surface area contributed by atoms with Crippen LogP contribution in [0.25, 0.3) is 11.4 Å². The maximum atomic E-state index is 13.6. The highest BCUT2D eigenvalue weighted by atomic mass is 19.1. The molecule has 0 saturated carbocycles. The van der Waals surface area contributed by atoms with E-state index in [0.29, 0.717) is 22.8 Å². The van der Waals surface area contributed by atoms with Gasteiger partial charge in [-0.05, 0) is 44.2 Å². The van der Waals surface area contributed by atoms with E-state index in [-0.39, 0.29) is 5.82 Å². The fourth-order valence-electron chi connectivity index (χ4n) is 2.48. The average molecular weight is 257 g/mol. The molecule has 1 heterocycles. The van der Waals surface area contributed by atoms with E-state index < -0.39 is 0 Å². The highest BCUT2D eigenvalue weighted by Crippen LogP contribution is 2.27. The molecule has 3 rings (SSSR count). The Morgan fingerprint density at radius 2 is 1.95 bits per heavy atom. The molecule has 0 unspecified atom stereocenters. The lowest BCUT2D eigenvalue weighted by molar-refractivity contribution is 0.618. The van der Waals surface area contributed by atoms with Gasteiger partial charge >= 0.3 is 0 Å². The third-order valence-corrected chi connectivity index (χ3v) is 3.65. The molecule has 0 bridgehead atoms. The molecular weight excluding hydrogens is 241 g/mol. The van der Waals surface area contributed by atoms with Crippen LogP contribution in [0.1, 0.15) is 29.7 Å². The summed E-state index contributed by atoms with van der Waals surface area (Å²) in [6.45, 7) is 1.74. The molecule has 98 valence electrons. The van der Waals surface area contributed by atoms with Crippen LogP contribution < -0.4 is 5.73 Å². The van der Waals surface area contributed by atoms with Crippen LogP contribution in [0.15, 0.2) is 18.2 Å². The van der Waals surface area contributed by atoms with Gasteiger partial charge in [-0.25, -0.2) is 14.4 Å². The van der Waals surface area contributed by atoms with Gasteiger partial charge in [-0.15, -0.1) is 0 Å². The number of aromatic nitrogens is 2. The number of nitrogens with zero attached hydrogens (tertiary/aromatic N) is 2. The van der Waals surface area contributed by atoms with Gasteiger partial charge in [0.2, 0.25) is 0 Å². The molecule has 0 atom stereocenters. The van der Waals surface area contributed by atoms with Gasteiger partial charge in [0.05, 0.1) is 0 Å². The number of anilines is 1. The first-order valence-electron chi connectivity index (χ1n) is 6.57. The van der Waals surface area contributed by atoms with E-state index in [4.69, 9.17) is 5.73 Å². The van der Waals surface area contributed by atoms with Gasteiger partial charge < -0.3 is 5.73 Å². The molecule has 1 aromatic carbocycles. The van der Waals surface area contributed by atoms with E-state index in [9.17, 15) is 4.39 Å². The minimum absolute atomic E-state index is 0.239. The maximum absolute atomic E-state index is 13.6. The number of fused-ring (bicyclic) bond motifs is 1. The number of hydrogen-bond acceptors (Lipinski definition) is 3. The standard InChI is InChI=1S/C15H16FN3/c1-9-6-7-10(8-12(9)16)15-18-13-5-3-2-4-11(13)14(17)19-15/h6-8H,2-5H2,1H3,(H2,17,18,19). The Morgan fingerprint density at radius 3 is 2.74 bits per heavy atom. The van der Waals surface area contributed by atoms with Crippen molar-refractivity contribution in [3.63, 3.8) is 0 Å². The van der Waals surface area contributed by atoms with E-state index >= 15 is 0 Å². The topological polar surface area (TPSA) is 51.8 Å². The Bertz CT molecular complexity index is 638. The Balaban J connectivity index is 2.10. The summed E-state index contributed by atoms with van der Waals surface area (Å²) in [5.74, 6) is 0.829. The first-order valence-corrected chi connectivity index (χ1v) is 6.57. The lowest BCUT2D eigenvalue weighted by Gasteiger charge is -2.17. The number of aryl methyl sites for hydroxylation is 2. The first kappa shape index (κ1) is 12.1.